The van der Waals surface area contributed by atoms with E-state index in [0.717, 1.165) is 47.3 Å². The van der Waals surface area contributed by atoms with Crippen molar-refractivity contribution in [1.82, 2.24) is 9.78 Å². The molecule has 0 fully saturated rings. The third-order valence-corrected chi connectivity index (χ3v) is 8.51. The fourth-order valence-corrected chi connectivity index (χ4v) is 6.24. The molecule has 0 unspecified atom stereocenters. The Hall–Kier alpha value is -2.53. The van der Waals surface area contributed by atoms with Crippen molar-refractivity contribution in [3.8, 4) is 16.9 Å². The zero-order valence-electron chi connectivity index (χ0n) is 24.6. The Kier molecular flexibility index (Phi) is 13.2. The highest BCUT2D eigenvalue weighted by Crippen LogP contribution is 2.38. The maximum Gasteiger partial charge on any atom is 0.278 e. The Balaban J connectivity index is 1.80. The monoisotopic (exact) mass is 548 g/mol. The smallest absolute Gasteiger partial charge is 0.278 e. The van der Waals surface area contributed by atoms with E-state index in [9.17, 15) is 9.90 Å². The standard InChI is InChI=1S/C34H48N2O2S/c1-5-8-9-10-11-12-13-14-15-19-22-39-33-32(37)31(30-28(6-2)23-26(4)24-29(30)7-3)34(38)36(35-33)25-27-20-17-16-18-21-27/h16-18,20-21,23-24,37H,5-15,19,22,25H2,1-4H3. The Morgan fingerprint density at radius 3 is 1.92 bits per heavy atom. The summed E-state index contributed by atoms with van der Waals surface area (Å²) in [5.74, 6) is 0.921. The molecule has 1 N–H and O–H groups in total. The molecule has 1 heterocycles. The van der Waals surface area contributed by atoms with Crippen molar-refractivity contribution in [3.05, 3.63) is 75.1 Å². The van der Waals surface area contributed by atoms with Crippen molar-refractivity contribution >= 4 is 11.8 Å². The Morgan fingerprint density at radius 2 is 1.36 bits per heavy atom. The minimum atomic E-state index is -0.229. The number of hydrogen-bond acceptors (Lipinski definition) is 4. The highest BCUT2D eigenvalue weighted by atomic mass is 32.2. The predicted molar refractivity (Wildman–Crippen MR) is 167 cm³/mol. The van der Waals surface area contributed by atoms with Gasteiger partial charge < -0.3 is 5.11 Å². The fraction of sp³-hybridized carbons (Fsp3) is 0.529. The molecule has 3 aromatic rings. The van der Waals surface area contributed by atoms with Gasteiger partial charge >= 0.3 is 0 Å². The number of aromatic nitrogens is 2. The van der Waals surface area contributed by atoms with E-state index in [-0.39, 0.29) is 11.3 Å². The Bertz CT molecular complexity index is 1190. The second kappa shape index (κ2) is 16.5. The molecule has 5 heteroatoms. The van der Waals surface area contributed by atoms with E-state index >= 15 is 0 Å². The quantitative estimate of drug-likeness (QED) is 0.135. The van der Waals surface area contributed by atoms with Crippen LogP contribution in [0.25, 0.3) is 11.1 Å². The van der Waals surface area contributed by atoms with Gasteiger partial charge in [-0.15, -0.1) is 11.8 Å². The number of nitrogens with zero attached hydrogens (tertiary/aromatic N) is 2. The molecule has 0 saturated carbocycles. The van der Waals surface area contributed by atoms with Gasteiger partial charge in [0, 0.05) is 0 Å². The van der Waals surface area contributed by atoms with Crippen LogP contribution < -0.4 is 5.56 Å². The molecule has 0 atom stereocenters. The normalized spacial score (nSPS) is 11.3. The van der Waals surface area contributed by atoms with E-state index in [1.54, 1.807) is 16.4 Å². The maximum atomic E-state index is 13.9. The second-order valence-corrected chi connectivity index (χ2v) is 11.8. The first-order chi connectivity index (χ1) is 19.0. The van der Waals surface area contributed by atoms with Gasteiger partial charge in [-0.3, -0.25) is 4.79 Å². The van der Waals surface area contributed by atoms with Gasteiger partial charge in [0.1, 0.15) is 0 Å². The summed E-state index contributed by atoms with van der Waals surface area (Å²) in [6.45, 7) is 8.96. The molecule has 0 saturated heterocycles. The van der Waals surface area contributed by atoms with Crippen LogP contribution in [0.5, 0.6) is 5.75 Å². The van der Waals surface area contributed by atoms with Crippen LogP contribution in [-0.2, 0) is 19.4 Å². The molecule has 0 aliphatic carbocycles. The molecular weight excluding hydrogens is 500 g/mol. The van der Waals surface area contributed by atoms with E-state index in [2.05, 4.69) is 44.9 Å². The fourth-order valence-electron chi connectivity index (χ4n) is 5.30. The van der Waals surface area contributed by atoms with Crippen LogP contribution in [0, 0.1) is 6.92 Å². The SMILES string of the molecule is CCCCCCCCCCCCSc1nn(Cc2ccccc2)c(=O)c(-c2c(CC)cc(C)cc2CC)c1O. The van der Waals surface area contributed by atoms with Crippen molar-refractivity contribution in [1.29, 1.82) is 0 Å². The molecule has 1 aromatic heterocycles. The highest BCUT2D eigenvalue weighted by molar-refractivity contribution is 7.99. The first-order valence-corrected chi connectivity index (χ1v) is 16.1. The van der Waals surface area contributed by atoms with E-state index in [1.165, 1.54) is 63.4 Å². The molecule has 0 bridgehead atoms. The van der Waals surface area contributed by atoms with Crippen molar-refractivity contribution in [2.45, 2.75) is 116 Å². The summed E-state index contributed by atoms with van der Waals surface area (Å²) in [6, 6.07) is 14.2. The van der Waals surface area contributed by atoms with Crippen molar-refractivity contribution in [2.24, 2.45) is 0 Å². The first-order valence-electron chi connectivity index (χ1n) is 15.1. The maximum absolute atomic E-state index is 13.9. The molecule has 0 aliphatic rings. The number of hydrogen-bond donors (Lipinski definition) is 1. The van der Waals surface area contributed by atoms with E-state index < -0.39 is 0 Å². The molecule has 3 rings (SSSR count). The van der Waals surface area contributed by atoms with Gasteiger partial charge in [0.25, 0.3) is 5.56 Å². The van der Waals surface area contributed by atoms with Gasteiger partial charge in [0.2, 0.25) is 0 Å². The average molecular weight is 549 g/mol. The Morgan fingerprint density at radius 1 is 0.795 bits per heavy atom. The Labute approximate surface area is 240 Å². The van der Waals surface area contributed by atoms with E-state index in [0.29, 0.717) is 17.1 Å². The minimum absolute atomic E-state index is 0.0367. The van der Waals surface area contributed by atoms with Crippen LogP contribution in [0.3, 0.4) is 0 Å². The first kappa shape index (κ1) is 31.0. The third kappa shape index (κ3) is 8.99. The summed E-state index contributed by atoms with van der Waals surface area (Å²) in [5.41, 5.74) is 5.46. The van der Waals surface area contributed by atoms with E-state index in [4.69, 9.17) is 0 Å². The van der Waals surface area contributed by atoms with Crippen molar-refractivity contribution < 1.29 is 5.11 Å². The zero-order chi connectivity index (χ0) is 28.0. The van der Waals surface area contributed by atoms with Gasteiger partial charge in [0.15, 0.2) is 10.8 Å². The molecule has 2 aromatic carbocycles. The largest absolute Gasteiger partial charge is 0.504 e. The van der Waals surface area contributed by atoms with Crippen molar-refractivity contribution in [2.75, 3.05) is 5.75 Å². The third-order valence-electron chi connectivity index (χ3n) is 7.47. The zero-order valence-corrected chi connectivity index (χ0v) is 25.4. The van der Waals surface area contributed by atoms with Crippen LogP contribution in [0.1, 0.15) is 107 Å². The molecular formula is C34H48N2O2S. The van der Waals surface area contributed by atoms with Gasteiger partial charge in [-0.2, -0.15) is 5.10 Å². The molecule has 0 spiro atoms. The summed E-state index contributed by atoms with van der Waals surface area (Å²) >= 11 is 1.58. The number of aromatic hydroxyl groups is 1. The molecule has 0 amide bonds. The van der Waals surface area contributed by atoms with Crippen LogP contribution >= 0.6 is 11.8 Å². The van der Waals surface area contributed by atoms with Gasteiger partial charge in [-0.25, -0.2) is 4.68 Å². The van der Waals surface area contributed by atoms with Crippen LogP contribution in [0.15, 0.2) is 52.3 Å². The lowest BCUT2D eigenvalue weighted by Crippen LogP contribution is -2.26. The predicted octanol–water partition coefficient (Wildman–Crippen LogP) is 9.11. The number of rotatable bonds is 17. The van der Waals surface area contributed by atoms with Gasteiger partial charge in [0.05, 0.1) is 12.1 Å². The number of unbranched alkanes of at least 4 members (excludes halogenated alkanes) is 9. The second-order valence-electron chi connectivity index (χ2n) is 10.7. The number of benzene rings is 2. The van der Waals surface area contributed by atoms with Crippen LogP contribution in [0.4, 0.5) is 0 Å². The summed E-state index contributed by atoms with van der Waals surface area (Å²) in [7, 11) is 0. The molecule has 212 valence electrons. The van der Waals surface area contributed by atoms with Crippen LogP contribution in [-0.4, -0.2) is 20.6 Å². The summed E-state index contributed by atoms with van der Waals surface area (Å²) in [5, 5.41) is 16.7. The summed E-state index contributed by atoms with van der Waals surface area (Å²) < 4.78 is 1.55. The number of aryl methyl sites for hydroxylation is 3. The topological polar surface area (TPSA) is 55.1 Å². The average Bonchev–Trinajstić information content (AvgIpc) is 2.94. The molecule has 4 nitrogen and oxygen atoms in total. The number of thioether (sulfide) groups is 1. The molecule has 39 heavy (non-hydrogen) atoms. The van der Waals surface area contributed by atoms with Gasteiger partial charge in [-0.1, -0.05) is 127 Å². The summed E-state index contributed by atoms with van der Waals surface area (Å²) in [4.78, 5) is 13.9. The molecule has 0 radical (unpaired) electrons. The lowest BCUT2D eigenvalue weighted by molar-refractivity contribution is 0.442. The highest BCUT2D eigenvalue weighted by Gasteiger charge is 2.23. The van der Waals surface area contributed by atoms with Crippen molar-refractivity contribution in [3.63, 3.8) is 0 Å². The van der Waals surface area contributed by atoms with Crippen LogP contribution in [0.2, 0.25) is 0 Å². The van der Waals surface area contributed by atoms with E-state index in [1.807, 2.05) is 30.3 Å². The summed E-state index contributed by atoms with van der Waals surface area (Å²) in [6.07, 6.45) is 14.5. The lowest BCUT2D eigenvalue weighted by Gasteiger charge is -2.18. The lowest BCUT2D eigenvalue weighted by atomic mass is 9.90. The van der Waals surface area contributed by atoms with Gasteiger partial charge in [-0.05, 0) is 54.2 Å². The molecule has 0 aliphatic heterocycles. The minimum Gasteiger partial charge on any atom is -0.504 e.